The summed E-state index contributed by atoms with van der Waals surface area (Å²) >= 11 is 4.35. The summed E-state index contributed by atoms with van der Waals surface area (Å²) in [6.45, 7) is 0.0344. The zero-order chi connectivity index (χ0) is 13.3. The number of carbonyl (C=O) groups is 1. The number of halogens is 1. The van der Waals surface area contributed by atoms with E-state index in [2.05, 4.69) is 15.9 Å². The summed E-state index contributed by atoms with van der Waals surface area (Å²) in [6, 6.07) is 1.64. The van der Waals surface area contributed by atoms with Crippen LogP contribution in [0.2, 0.25) is 0 Å². The fourth-order valence-electron chi connectivity index (χ4n) is 1.64. The van der Waals surface area contributed by atoms with E-state index in [1.54, 1.807) is 11.4 Å². The maximum absolute atomic E-state index is 12.4. The molecular formula is C10H12BrNO4S2. The highest BCUT2D eigenvalue weighted by Crippen LogP contribution is 2.36. The van der Waals surface area contributed by atoms with Crippen molar-refractivity contribution in [2.45, 2.75) is 29.5 Å². The number of carboxylic acid groups (broad SMARTS) is 1. The predicted octanol–water partition coefficient (Wildman–Crippen LogP) is 2.14. The third-order valence-electron chi connectivity index (χ3n) is 2.63. The van der Waals surface area contributed by atoms with Crippen LogP contribution in [-0.4, -0.2) is 36.4 Å². The third-order valence-corrected chi connectivity index (χ3v) is 7.23. The highest BCUT2D eigenvalue weighted by molar-refractivity contribution is 9.10. The van der Waals surface area contributed by atoms with Crippen molar-refractivity contribution in [3.05, 3.63) is 15.9 Å². The minimum absolute atomic E-state index is 0.0344. The first-order valence-corrected chi connectivity index (χ1v) is 8.51. The van der Waals surface area contributed by atoms with Crippen molar-refractivity contribution in [3.8, 4) is 0 Å². The van der Waals surface area contributed by atoms with E-state index in [0.29, 0.717) is 4.47 Å². The molecule has 1 saturated carbocycles. The number of sulfonamides is 1. The van der Waals surface area contributed by atoms with Crippen LogP contribution in [0.3, 0.4) is 0 Å². The quantitative estimate of drug-likeness (QED) is 0.849. The molecule has 1 heterocycles. The summed E-state index contributed by atoms with van der Waals surface area (Å²) in [5.74, 6) is -0.985. The smallest absolute Gasteiger partial charge is 0.304 e. The number of nitrogens with zero attached hydrogens (tertiary/aromatic N) is 1. The van der Waals surface area contributed by atoms with Gasteiger partial charge in [-0.25, -0.2) is 8.42 Å². The molecule has 5 nitrogen and oxygen atoms in total. The number of rotatable bonds is 6. The summed E-state index contributed by atoms with van der Waals surface area (Å²) < 4.78 is 26.9. The van der Waals surface area contributed by atoms with Crippen molar-refractivity contribution >= 4 is 43.3 Å². The fourth-order valence-corrected chi connectivity index (χ4v) is 5.75. The second-order valence-electron chi connectivity index (χ2n) is 4.05. The van der Waals surface area contributed by atoms with Crippen molar-refractivity contribution in [1.29, 1.82) is 0 Å². The van der Waals surface area contributed by atoms with Crippen LogP contribution in [0, 0.1) is 0 Å². The Hall–Kier alpha value is -0.440. The molecule has 0 radical (unpaired) electrons. The van der Waals surface area contributed by atoms with Crippen molar-refractivity contribution in [1.82, 2.24) is 4.31 Å². The van der Waals surface area contributed by atoms with Gasteiger partial charge < -0.3 is 5.11 Å². The van der Waals surface area contributed by atoms with E-state index in [1.807, 2.05) is 0 Å². The van der Waals surface area contributed by atoms with Crippen LogP contribution < -0.4 is 0 Å². The van der Waals surface area contributed by atoms with Crippen molar-refractivity contribution in [2.75, 3.05) is 6.54 Å². The fraction of sp³-hybridized carbons (Fsp3) is 0.500. The molecule has 1 aliphatic rings. The van der Waals surface area contributed by atoms with Gasteiger partial charge >= 0.3 is 5.97 Å². The highest BCUT2D eigenvalue weighted by atomic mass is 79.9. The first-order valence-electron chi connectivity index (χ1n) is 5.39. The Balaban J connectivity index is 2.25. The molecule has 0 atom stereocenters. The average Bonchev–Trinajstić information content (AvgIpc) is 2.99. The average molecular weight is 354 g/mol. The maximum atomic E-state index is 12.4. The van der Waals surface area contributed by atoms with Gasteiger partial charge in [0, 0.05) is 17.1 Å². The van der Waals surface area contributed by atoms with Crippen LogP contribution in [0.25, 0.3) is 0 Å². The Kier molecular flexibility index (Phi) is 4.10. The summed E-state index contributed by atoms with van der Waals surface area (Å²) in [7, 11) is -3.58. The van der Waals surface area contributed by atoms with Gasteiger partial charge in [0.2, 0.25) is 0 Å². The molecule has 0 bridgehead atoms. The van der Waals surface area contributed by atoms with Crippen molar-refractivity contribution in [2.24, 2.45) is 0 Å². The molecular weight excluding hydrogens is 342 g/mol. The lowest BCUT2D eigenvalue weighted by Crippen LogP contribution is -2.34. The molecule has 0 aromatic carbocycles. The van der Waals surface area contributed by atoms with Crippen LogP contribution in [-0.2, 0) is 14.8 Å². The van der Waals surface area contributed by atoms with Gasteiger partial charge in [-0.2, -0.15) is 4.31 Å². The number of hydrogen-bond donors (Lipinski definition) is 1. The van der Waals surface area contributed by atoms with E-state index >= 15 is 0 Å². The van der Waals surface area contributed by atoms with Crippen LogP contribution in [0.4, 0.5) is 0 Å². The number of carboxylic acids is 1. The topological polar surface area (TPSA) is 74.7 Å². The van der Waals surface area contributed by atoms with Crippen molar-refractivity contribution in [3.63, 3.8) is 0 Å². The highest BCUT2D eigenvalue weighted by Gasteiger charge is 2.39. The summed E-state index contributed by atoms with van der Waals surface area (Å²) in [5.41, 5.74) is 0. The number of hydrogen-bond acceptors (Lipinski definition) is 4. The molecule has 1 aliphatic carbocycles. The third kappa shape index (κ3) is 2.93. The van der Waals surface area contributed by atoms with Crippen LogP contribution >= 0.6 is 27.3 Å². The summed E-state index contributed by atoms with van der Waals surface area (Å²) in [4.78, 5) is 10.6. The second-order valence-corrected chi connectivity index (χ2v) is 7.90. The molecule has 18 heavy (non-hydrogen) atoms. The van der Waals surface area contributed by atoms with Crippen molar-refractivity contribution < 1.29 is 18.3 Å². The van der Waals surface area contributed by atoms with Gasteiger partial charge in [-0.1, -0.05) is 0 Å². The lowest BCUT2D eigenvalue weighted by atomic mass is 10.4. The van der Waals surface area contributed by atoms with Gasteiger partial charge in [0.05, 0.1) is 6.42 Å². The van der Waals surface area contributed by atoms with Crippen LogP contribution in [0.1, 0.15) is 19.3 Å². The van der Waals surface area contributed by atoms with Gasteiger partial charge in [-0.3, -0.25) is 4.79 Å². The van der Waals surface area contributed by atoms with Gasteiger partial charge in [-0.05, 0) is 40.2 Å². The minimum atomic E-state index is -3.58. The molecule has 1 aromatic rings. The van der Waals surface area contributed by atoms with Gasteiger partial charge in [0.15, 0.2) is 0 Å². The molecule has 1 N–H and O–H groups in total. The first-order chi connectivity index (χ1) is 8.43. The standard InChI is InChI=1S/C10H12BrNO4S2/c11-8-4-6-17-10(8)18(15,16)12(7-1-2-7)5-3-9(13)14/h4,6-7H,1-3,5H2,(H,13,14). The summed E-state index contributed by atoms with van der Waals surface area (Å²) in [6.07, 6.45) is 1.45. The molecule has 2 rings (SSSR count). The first kappa shape index (κ1) is 14.0. The molecule has 1 aromatic heterocycles. The Morgan fingerprint density at radius 2 is 2.22 bits per heavy atom. The maximum Gasteiger partial charge on any atom is 0.304 e. The molecule has 100 valence electrons. The van der Waals surface area contributed by atoms with Gasteiger partial charge in [-0.15, -0.1) is 11.3 Å². The number of thiophene rings is 1. The zero-order valence-electron chi connectivity index (χ0n) is 9.37. The van der Waals surface area contributed by atoms with Crippen LogP contribution in [0.15, 0.2) is 20.1 Å². The Morgan fingerprint density at radius 3 is 2.67 bits per heavy atom. The molecule has 0 saturated heterocycles. The lowest BCUT2D eigenvalue weighted by Gasteiger charge is -2.20. The lowest BCUT2D eigenvalue weighted by molar-refractivity contribution is -0.137. The zero-order valence-corrected chi connectivity index (χ0v) is 12.6. The van der Waals surface area contributed by atoms with Gasteiger partial charge in [0.1, 0.15) is 4.21 Å². The van der Waals surface area contributed by atoms with E-state index in [9.17, 15) is 13.2 Å². The van der Waals surface area contributed by atoms with E-state index in [-0.39, 0.29) is 23.2 Å². The molecule has 0 unspecified atom stereocenters. The summed E-state index contributed by atoms with van der Waals surface area (Å²) in [5, 5.41) is 10.4. The largest absolute Gasteiger partial charge is 0.481 e. The van der Waals surface area contributed by atoms with Crippen LogP contribution in [0.5, 0.6) is 0 Å². The Morgan fingerprint density at radius 1 is 1.56 bits per heavy atom. The van der Waals surface area contributed by atoms with E-state index in [1.165, 1.54) is 4.31 Å². The molecule has 0 aliphatic heterocycles. The molecule has 0 spiro atoms. The minimum Gasteiger partial charge on any atom is -0.481 e. The SMILES string of the molecule is O=C(O)CCN(C1CC1)S(=O)(=O)c1sccc1Br. The molecule has 0 amide bonds. The molecule has 8 heteroatoms. The second kappa shape index (κ2) is 5.28. The van der Waals surface area contributed by atoms with E-state index in [4.69, 9.17) is 5.11 Å². The van der Waals surface area contributed by atoms with E-state index in [0.717, 1.165) is 24.2 Å². The Bertz CT molecular complexity index is 550. The molecule has 1 fully saturated rings. The Labute approximate surface area is 118 Å². The number of aliphatic carboxylic acids is 1. The van der Waals surface area contributed by atoms with E-state index < -0.39 is 16.0 Å². The normalized spacial score (nSPS) is 16.1. The predicted molar refractivity (Wildman–Crippen MR) is 71.2 cm³/mol. The van der Waals surface area contributed by atoms with Gasteiger partial charge in [0.25, 0.3) is 10.0 Å². The monoisotopic (exact) mass is 353 g/mol.